The molecule has 1 aromatic heterocycles. The number of rotatable bonds is 6. The molecule has 0 spiro atoms. The van der Waals surface area contributed by atoms with Gasteiger partial charge in [-0.2, -0.15) is 0 Å². The summed E-state index contributed by atoms with van der Waals surface area (Å²) in [6, 6.07) is 4.89. The van der Waals surface area contributed by atoms with Gasteiger partial charge < -0.3 is 20.4 Å². The van der Waals surface area contributed by atoms with Crippen LogP contribution in [0.15, 0.2) is 18.2 Å². The van der Waals surface area contributed by atoms with E-state index in [-0.39, 0.29) is 42.6 Å². The standard InChI is InChI=1S/C19H27FN4O2.2ClH/c1-5-26-14-11-19(21,18(14,2)3)17(25)22-10-9-15-23-16-12(20)7-6-8-13(16)24(15)4;;/h6-8,14H,5,9-11,21H2,1-4H3,(H,22,25);2*1H. The Morgan fingerprint density at radius 1 is 1.43 bits per heavy atom. The Balaban J connectivity index is 0.00000196. The summed E-state index contributed by atoms with van der Waals surface area (Å²) in [5.41, 5.74) is 6.10. The second kappa shape index (κ2) is 8.95. The fourth-order valence-electron chi connectivity index (χ4n) is 3.72. The van der Waals surface area contributed by atoms with Crippen molar-refractivity contribution < 1.29 is 13.9 Å². The van der Waals surface area contributed by atoms with Crippen LogP contribution >= 0.6 is 24.8 Å². The number of nitrogens with zero attached hydrogens (tertiary/aromatic N) is 2. The Hall–Kier alpha value is -1.41. The van der Waals surface area contributed by atoms with E-state index in [1.165, 1.54) is 6.07 Å². The van der Waals surface area contributed by atoms with Gasteiger partial charge in [-0.1, -0.05) is 19.9 Å². The number of fused-ring (bicyclic) bond motifs is 1. The lowest BCUT2D eigenvalue weighted by atomic mass is 9.54. The van der Waals surface area contributed by atoms with Crippen LogP contribution in [0, 0.1) is 11.2 Å². The van der Waals surface area contributed by atoms with Gasteiger partial charge in [0.25, 0.3) is 0 Å². The predicted molar refractivity (Wildman–Crippen MR) is 113 cm³/mol. The first kappa shape index (κ1) is 24.6. The molecule has 3 N–H and O–H groups in total. The van der Waals surface area contributed by atoms with Crippen LogP contribution in [-0.2, 0) is 23.0 Å². The molecule has 3 rings (SSSR count). The third kappa shape index (κ3) is 3.85. The van der Waals surface area contributed by atoms with E-state index in [1.807, 2.05) is 38.5 Å². The molecule has 0 radical (unpaired) electrons. The summed E-state index contributed by atoms with van der Waals surface area (Å²) in [5, 5.41) is 2.91. The SMILES string of the molecule is CCOC1CC(N)(C(=O)NCCc2nc3c(F)cccc3n2C)C1(C)C.Cl.Cl. The maximum absolute atomic E-state index is 13.9. The summed E-state index contributed by atoms with van der Waals surface area (Å²) >= 11 is 0. The fourth-order valence-corrected chi connectivity index (χ4v) is 3.72. The molecule has 2 atom stereocenters. The molecule has 1 heterocycles. The maximum Gasteiger partial charge on any atom is 0.240 e. The number of para-hydroxylation sites is 1. The average molecular weight is 435 g/mol. The van der Waals surface area contributed by atoms with Crippen LogP contribution < -0.4 is 11.1 Å². The summed E-state index contributed by atoms with van der Waals surface area (Å²) < 4.78 is 21.4. The number of ether oxygens (including phenoxy) is 1. The highest BCUT2D eigenvalue weighted by Gasteiger charge is 2.62. The van der Waals surface area contributed by atoms with Crippen LogP contribution in [0.2, 0.25) is 0 Å². The number of aromatic nitrogens is 2. The van der Waals surface area contributed by atoms with Gasteiger partial charge in [-0.15, -0.1) is 24.8 Å². The van der Waals surface area contributed by atoms with Crippen molar-refractivity contribution in [2.45, 2.75) is 45.3 Å². The number of nitrogens with one attached hydrogen (secondary N) is 1. The van der Waals surface area contributed by atoms with Crippen LogP contribution in [-0.4, -0.2) is 40.3 Å². The van der Waals surface area contributed by atoms with Gasteiger partial charge in [0.1, 0.15) is 16.9 Å². The molecule has 1 amide bonds. The zero-order valence-corrected chi connectivity index (χ0v) is 18.3. The Labute approximate surface area is 177 Å². The topological polar surface area (TPSA) is 82.2 Å². The third-order valence-corrected chi connectivity index (χ3v) is 5.82. The smallest absolute Gasteiger partial charge is 0.240 e. The van der Waals surface area contributed by atoms with Gasteiger partial charge in [0, 0.05) is 38.5 Å². The van der Waals surface area contributed by atoms with Gasteiger partial charge in [-0.05, 0) is 19.1 Å². The van der Waals surface area contributed by atoms with Gasteiger partial charge >= 0.3 is 0 Å². The van der Waals surface area contributed by atoms with Crippen molar-refractivity contribution >= 4 is 41.8 Å². The lowest BCUT2D eigenvalue weighted by Crippen LogP contribution is -2.75. The van der Waals surface area contributed by atoms with Crippen LogP contribution in [0.4, 0.5) is 4.39 Å². The van der Waals surface area contributed by atoms with E-state index in [9.17, 15) is 9.18 Å². The number of carbonyl (C=O) groups excluding carboxylic acids is 1. The Morgan fingerprint density at radius 3 is 2.68 bits per heavy atom. The molecule has 1 saturated carbocycles. The number of aryl methyl sites for hydroxylation is 1. The first-order chi connectivity index (χ1) is 12.2. The summed E-state index contributed by atoms with van der Waals surface area (Å²) in [4.78, 5) is 17.0. The van der Waals surface area contributed by atoms with Crippen molar-refractivity contribution in [1.82, 2.24) is 14.9 Å². The van der Waals surface area contributed by atoms with Crippen LogP contribution in [0.3, 0.4) is 0 Å². The number of halogens is 3. The van der Waals surface area contributed by atoms with Crippen molar-refractivity contribution in [2.75, 3.05) is 13.2 Å². The summed E-state index contributed by atoms with van der Waals surface area (Å²) in [6.45, 7) is 6.86. The molecule has 9 heteroatoms. The highest BCUT2D eigenvalue weighted by atomic mass is 35.5. The molecule has 2 aromatic rings. The first-order valence-corrected chi connectivity index (χ1v) is 9.01. The van der Waals surface area contributed by atoms with E-state index < -0.39 is 11.0 Å². The highest BCUT2D eigenvalue weighted by molar-refractivity contribution is 5.88. The molecule has 0 saturated heterocycles. The molecule has 1 aromatic carbocycles. The minimum atomic E-state index is -0.939. The van der Waals surface area contributed by atoms with E-state index in [4.69, 9.17) is 10.5 Å². The lowest BCUT2D eigenvalue weighted by Gasteiger charge is -2.57. The summed E-state index contributed by atoms with van der Waals surface area (Å²) in [6.07, 6.45) is 1.00. The minimum absolute atomic E-state index is 0. The largest absolute Gasteiger partial charge is 0.378 e. The normalized spacial score (nSPS) is 22.7. The van der Waals surface area contributed by atoms with Gasteiger partial charge in [-0.3, -0.25) is 4.79 Å². The molecular formula is C19H29Cl2FN4O2. The monoisotopic (exact) mass is 434 g/mol. The van der Waals surface area contributed by atoms with Crippen molar-refractivity contribution in [3.05, 3.63) is 29.8 Å². The Morgan fingerprint density at radius 2 is 2.11 bits per heavy atom. The number of carbonyl (C=O) groups is 1. The molecule has 1 aliphatic rings. The highest BCUT2D eigenvalue weighted by Crippen LogP contribution is 2.49. The minimum Gasteiger partial charge on any atom is -0.378 e. The number of amides is 1. The van der Waals surface area contributed by atoms with E-state index in [2.05, 4.69) is 10.3 Å². The second-order valence-electron chi connectivity index (χ2n) is 7.54. The maximum atomic E-state index is 13.9. The zero-order valence-electron chi connectivity index (χ0n) is 16.6. The third-order valence-electron chi connectivity index (χ3n) is 5.82. The molecule has 28 heavy (non-hydrogen) atoms. The molecular weight excluding hydrogens is 406 g/mol. The van der Waals surface area contributed by atoms with Crippen molar-refractivity contribution in [2.24, 2.45) is 18.2 Å². The molecule has 1 fully saturated rings. The van der Waals surface area contributed by atoms with E-state index >= 15 is 0 Å². The molecule has 6 nitrogen and oxygen atoms in total. The number of nitrogens with two attached hydrogens (primary N) is 1. The van der Waals surface area contributed by atoms with Gasteiger partial charge in [0.2, 0.25) is 5.91 Å². The van der Waals surface area contributed by atoms with Crippen LogP contribution in [0.25, 0.3) is 11.0 Å². The molecule has 0 bridgehead atoms. The van der Waals surface area contributed by atoms with Crippen molar-refractivity contribution in [3.8, 4) is 0 Å². The number of hydrogen-bond donors (Lipinski definition) is 2. The van der Waals surface area contributed by atoms with E-state index in [0.717, 1.165) is 11.3 Å². The summed E-state index contributed by atoms with van der Waals surface area (Å²) in [5.74, 6) is 0.201. The van der Waals surface area contributed by atoms with Gasteiger partial charge in [-0.25, -0.2) is 9.37 Å². The predicted octanol–water partition coefficient (Wildman–Crippen LogP) is 2.75. The number of hydrogen-bond acceptors (Lipinski definition) is 4. The Bertz CT molecular complexity index is 843. The second-order valence-corrected chi connectivity index (χ2v) is 7.54. The number of imidazole rings is 1. The molecule has 0 aliphatic heterocycles. The Kier molecular flexibility index (Phi) is 7.87. The van der Waals surface area contributed by atoms with Crippen molar-refractivity contribution in [1.29, 1.82) is 0 Å². The molecule has 158 valence electrons. The van der Waals surface area contributed by atoms with E-state index in [0.29, 0.717) is 31.5 Å². The lowest BCUT2D eigenvalue weighted by molar-refractivity contribution is -0.170. The van der Waals surface area contributed by atoms with E-state index in [1.54, 1.807) is 6.07 Å². The molecule has 1 aliphatic carbocycles. The zero-order chi connectivity index (χ0) is 19.1. The first-order valence-electron chi connectivity index (χ1n) is 9.01. The van der Waals surface area contributed by atoms with Gasteiger partial charge in [0.15, 0.2) is 5.82 Å². The quantitative estimate of drug-likeness (QED) is 0.731. The molecule has 2 unspecified atom stereocenters. The van der Waals surface area contributed by atoms with Gasteiger partial charge in [0.05, 0.1) is 11.6 Å². The number of benzene rings is 1. The van der Waals surface area contributed by atoms with Crippen molar-refractivity contribution in [3.63, 3.8) is 0 Å². The average Bonchev–Trinajstić information content (AvgIpc) is 2.92. The summed E-state index contributed by atoms with van der Waals surface area (Å²) in [7, 11) is 1.85. The van der Waals surface area contributed by atoms with Crippen LogP contribution in [0.1, 0.15) is 33.0 Å². The van der Waals surface area contributed by atoms with Crippen LogP contribution in [0.5, 0.6) is 0 Å². The fraction of sp³-hybridized carbons (Fsp3) is 0.579.